The fourth-order valence-electron chi connectivity index (χ4n) is 8.54. The van der Waals surface area contributed by atoms with Gasteiger partial charge in [0.05, 0.1) is 23.4 Å². The number of aromatic hydroxyl groups is 1. The van der Waals surface area contributed by atoms with Gasteiger partial charge in [0.1, 0.15) is 24.3 Å². The summed E-state index contributed by atoms with van der Waals surface area (Å²) in [6.07, 6.45) is 10.5. The van der Waals surface area contributed by atoms with Crippen LogP contribution in [0.4, 0.5) is 14.6 Å². The van der Waals surface area contributed by atoms with Crippen molar-refractivity contribution >= 4 is 22.5 Å². The van der Waals surface area contributed by atoms with Crippen LogP contribution in [0.5, 0.6) is 17.5 Å². The van der Waals surface area contributed by atoms with E-state index >= 15 is 4.39 Å². The third kappa shape index (κ3) is 7.13. The van der Waals surface area contributed by atoms with Crippen LogP contribution in [0.2, 0.25) is 0 Å². The number of phenols is 1. The van der Waals surface area contributed by atoms with Crippen LogP contribution in [0.1, 0.15) is 61.8 Å². The number of likely N-dealkylation sites (tertiary alicyclic amines) is 2. The smallest absolute Gasteiger partial charge is 0.318 e. The number of alkyl halides is 1. The standard InChI is InChI=1S/C40H47F2N5O5/c1-5-31-33(42)10-9-26-16-30(48)18-32(36(26)31)27-17-34-37(51-23-27)38(45(4)22-29-8-7-13-47(29)35(49)6-2)44-39(43-34)52-24-40(3)19-28(41)21-46(40)20-25-11-14-50-15-12-25/h1,6,9-10,16,18,25,27-29,48H,2,7-8,11-15,17,19-24H2,3-4H3/t27-,28-,29+,40+/m1/s1. The Kier molecular flexibility index (Phi) is 10.3. The Bertz CT molecular complexity index is 1880. The number of likely N-dealkylation sites (N-methyl/N-ethyl adjacent to an activating group) is 1. The highest BCUT2D eigenvalue weighted by Gasteiger charge is 2.44. The molecule has 0 aliphatic carbocycles. The number of phenolic OH excluding ortho intramolecular Hbond substituents is 1. The number of terminal acetylenes is 1. The largest absolute Gasteiger partial charge is 0.508 e. The van der Waals surface area contributed by atoms with Crippen molar-refractivity contribution in [3.8, 4) is 29.9 Å². The van der Waals surface area contributed by atoms with E-state index in [4.69, 9.17) is 30.6 Å². The molecule has 0 radical (unpaired) electrons. The van der Waals surface area contributed by atoms with Gasteiger partial charge >= 0.3 is 6.01 Å². The van der Waals surface area contributed by atoms with Crippen LogP contribution in [0.3, 0.4) is 0 Å². The number of aromatic nitrogens is 2. The number of anilines is 1. The van der Waals surface area contributed by atoms with E-state index in [0.717, 1.165) is 45.4 Å². The van der Waals surface area contributed by atoms with Crippen molar-refractivity contribution in [1.29, 1.82) is 0 Å². The number of hydrogen-bond acceptors (Lipinski definition) is 9. The van der Waals surface area contributed by atoms with Crippen molar-refractivity contribution in [2.45, 2.75) is 69.1 Å². The molecule has 5 heterocycles. The molecule has 0 bridgehead atoms. The maximum absolute atomic E-state index is 15.0. The van der Waals surface area contributed by atoms with E-state index in [-0.39, 0.29) is 48.4 Å². The Morgan fingerprint density at radius 2 is 2.08 bits per heavy atom. The lowest BCUT2D eigenvalue weighted by molar-refractivity contribution is -0.126. The van der Waals surface area contributed by atoms with Crippen LogP contribution in [0.25, 0.3) is 10.8 Å². The van der Waals surface area contributed by atoms with E-state index < -0.39 is 17.5 Å². The van der Waals surface area contributed by atoms with E-state index in [9.17, 15) is 14.3 Å². The first-order valence-corrected chi connectivity index (χ1v) is 18.3. The zero-order valence-electron chi connectivity index (χ0n) is 30.0. The second-order valence-corrected chi connectivity index (χ2v) is 15.0. The number of fused-ring (bicyclic) bond motifs is 2. The van der Waals surface area contributed by atoms with Gasteiger partial charge in [0.25, 0.3) is 0 Å². The highest BCUT2D eigenvalue weighted by atomic mass is 19.1. The monoisotopic (exact) mass is 715 g/mol. The average molecular weight is 716 g/mol. The van der Waals surface area contributed by atoms with Crippen LogP contribution in [-0.2, 0) is 16.0 Å². The fraction of sp³-hybridized carbons (Fsp3) is 0.525. The molecule has 3 fully saturated rings. The SMILES string of the molecule is C#Cc1c(F)ccc2cc(O)cc([C@H]3COc4c(nc(OC[C@]5(C)C[C@@H](F)CN5CC5CCOCC5)nc4N(C)C[C@@H]4CCCN4C(=O)C=C)C3)c12. The maximum Gasteiger partial charge on any atom is 0.318 e. The van der Waals surface area contributed by atoms with Crippen LogP contribution in [0, 0.1) is 24.1 Å². The highest BCUT2D eigenvalue weighted by molar-refractivity contribution is 5.93. The molecular weight excluding hydrogens is 668 g/mol. The number of rotatable bonds is 10. The summed E-state index contributed by atoms with van der Waals surface area (Å²) in [7, 11) is 1.91. The number of benzene rings is 2. The molecule has 0 spiro atoms. The van der Waals surface area contributed by atoms with Gasteiger partial charge in [-0.1, -0.05) is 18.6 Å². The molecule has 1 amide bonds. The Morgan fingerprint density at radius 1 is 1.27 bits per heavy atom. The Labute approximate surface area is 303 Å². The highest BCUT2D eigenvalue weighted by Crippen LogP contribution is 2.42. The zero-order valence-corrected chi connectivity index (χ0v) is 30.0. The van der Waals surface area contributed by atoms with Crippen molar-refractivity contribution in [2.75, 3.05) is 64.6 Å². The molecule has 0 unspecified atom stereocenters. The molecule has 1 N–H and O–H groups in total. The normalized spacial score (nSPS) is 25.1. The number of amides is 1. The van der Waals surface area contributed by atoms with E-state index in [1.54, 1.807) is 18.2 Å². The summed E-state index contributed by atoms with van der Waals surface area (Å²) in [5, 5.41) is 11.8. The first kappa shape index (κ1) is 35.9. The number of carbonyl (C=O) groups excluding carboxylic acids is 1. The zero-order chi connectivity index (χ0) is 36.6. The second kappa shape index (κ2) is 14.9. The summed E-state index contributed by atoms with van der Waals surface area (Å²) < 4.78 is 48.4. The van der Waals surface area contributed by atoms with Gasteiger partial charge in [0.2, 0.25) is 5.91 Å². The molecule has 12 heteroatoms. The number of ether oxygens (including phenoxy) is 3. The van der Waals surface area contributed by atoms with E-state index in [1.807, 2.05) is 23.8 Å². The van der Waals surface area contributed by atoms with Crippen LogP contribution in [0.15, 0.2) is 36.9 Å². The summed E-state index contributed by atoms with van der Waals surface area (Å²) >= 11 is 0. The molecule has 3 aromatic rings. The minimum atomic E-state index is -0.962. The van der Waals surface area contributed by atoms with Crippen molar-refractivity contribution in [3.63, 3.8) is 0 Å². The average Bonchev–Trinajstić information content (AvgIpc) is 3.72. The van der Waals surface area contributed by atoms with Gasteiger partial charge in [-0.25, -0.2) is 8.78 Å². The van der Waals surface area contributed by atoms with Gasteiger partial charge in [-0.05, 0) is 73.7 Å². The molecule has 276 valence electrons. The predicted molar refractivity (Wildman–Crippen MR) is 194 cm³/mol. The van der Waals surface area contributed by atoms with Crippen LogP contribution < -0.4 is 14.4 Å². The Morgan fingerprint density at radius 3 is 2.85 bits per heavy atom. The quantitative estimate of drug-likeness (QED) is 0.219. The Hall–Kier alpha value is -4.47. The van der Waals surface area contributed by atoms with E-state index in [2.05, 4.69) is 17.4 Å². The fourth-order valence-corrected chi connectivity index (χ4v) is 8.54. The summed E-state index contributed by atoms with van der Waals surface area (Å²) in [5.74, 6) is 3.03. The number of halogens is 2. The van der Waals surface area contributed by atoms with Gasteiger partial charge in [0, 0.05) is 76.6 Å². The lowest BCUT2D eigenvalue weighted by Gasteiger charge is -2.37. The van der Waals surface area contributed by atoms with Crippen LogP contribution >= 0.6 is 0 Å². The van der Waals surface area contributed by atoms with Gasteiger partial charge < -0.3 is 29.1 Å². The number of hydrogen-bond donors (Lipinski definition) is 1. The third-order valence-electron chi connectivity index (χ3n) is 11.3. The third-order valence-corrected chi connectivity index (χ3v) is 11.3. The summed E-state index contributed by atoms with van der Waals surface area (Å²) in [4.78, 5) is 28.4. The Balaban J connectivity index is 1.21. The molecule has 1 aromatic heterocycles. The minimum Gasteiger partial charge on any atom is -0.508 e. The molecule has 3 saturated heterocycles. The predicted octanol–water partition coefficient (Wildman–Crippen LogP) is 5.40. The molecule has 52 heavy (non-hydrogen) atoms. The lowest BCUT2D eigenvalue weighted by atomic mass is 9.87. The molecule has 4 atom stereocenters. The first-order chi connectivity index (χ1) is 25.1. The van der Waals surface area contributed by atoms with Crippen molar-refractivity contribution in [2.24, 2.45) is 5.92 Å². The van der Waals surface area contributed by atoms with Gasteiger partial charge in [0.15, 0.2) is 11.6 Å². The minimum absolute atomic E-state index is 0.0338. The molecule has 7 rings (SSSR count). The molecule has 4 aliphatic rings. The lowest BCUT2D eigenvalue weighted by Crippen LogP contribution is -2.48. The molecule has 2 aromatic carbocycles. The molecular formula is C40H47F2N5O5. The van der Waals surface area contributed by atoms with E-state index in [0.29, 0.717) is 72.0 Å². The number of carbonyl (C=O) groups is 1. The molecule has 4 aliphatic heterocycles. The van der Waals surface area contributed by atoms with Gasteiger partial charge in [-0.15, -0.1) is 6.42 Å². The topological polar surface area (TPSA) is 100 Å². The van der Waals surface area contributed by atoms with Crippen molar-refractivity contribution < 1.29 is 32.9 Å². The van der Waals surface area contributed by atoms with Crippen molar-refractivity contribution in [1.82, 2.24) is 19.8 Å². The number of nitrogens with zero attached hydrogens (tertiary/aromatic N) is 5. The van der Waals surface area contributed by atoms with Gasteiger partial charge in [-0.2, -0.15) is 9.97 Å². The summed E-state index contributed by atoms with van der Waals surface area (Å²) in [6.45, 7) is 9.85. The second-order valence-electron chi connectivity index (χ2n) is 15.0. The van der Waals surface area contributed by atoms with E-state index in [1.165, 1.54) is 12.1 Å². The summed E-state index contributed by atoms with van der Waals surface area (Å²) in [5.41, 5.74) is 0.808. The molecule has 10 nitrogen and oxygen atoms in total. The summed E-state index contributed by atoms with van der Waals surface area (Å²) in [6, 6.07) is 6.18. The molecule has 0 saturated carbocycles. The van der Waals surface area contributed by atoms with Gasteiger partial charge in [-0.3, -0.25) is 9.69 Å². The van der Waals surface area contributed by atoms with Crippen molar-refractivity contribution in [3.05, 3.63) is 59.6 Å². The van der Waals surface area contributed by atoms with Crippen LogP contribution in [-0.4, -0.2) is 108 Å². The first-order valence-electron chi connectivity index (χ1n) is 18.3. The maximum atomic E-state index is 15.0.